The predicted octanol–water partition coefficient (Wildman–Crippen LogP) is 2.59. The Morgan fingerprint density at radius 2 is 2.17 bits per heavy atom. The lowest BCUT2D eigenvalue weighted by molar-refractivity contribution is 0.560. The fraction of sp³-hybridized carbons (Fsp3) is 0.571. The van der Waals surface area contributed by atoms with E-state index in [1.165, 1.54) is 0 Å². The highest BCUT2D eigenvalue weighted by molar-refractivity contribution is 5.85. The number of anilines is 1. The molecule has 0 aliphatic carbocycles. The second-order valence-corrected chi connectivity index (χ2v) is 2.61. The van der Waals surface area contributed by atoms with Crippen molar-refractivity contribution < 1.29 is 4.42 Å². The summed E-state index contributed by atoms with van der Waals surface area (Å²) in [5.41, 5.74) is 0. The van der Waals surface area contributed by atoms with Crippen molar-refractivity contribution >= 4 is 30.8 Å². The minimum absolute atomic E-state index is 0. The minimum atomic E-state index is 0. The van der Waals surface area contributed by atoms with E-state index in [1.54, 1.807) is 12.5 Å². The zero-order chi connectivity index (χ0) is 7.40. The monoisotopic (exact) mass is 212 g/mol. The van der Waals surface area contributed by atoms with E-state index in [2.05, 4.69) is 24.1 Å². The van der Waals surface area contributed by atoms with E-state index < -0.39 is 0 Å². The van der Waals surface area contributed by atoms with Crippen LogP contribution in [-0.2, 0) is 0 Å². The lowest BCUT2D eigenvalue weighted by Crippen LogP contribution is -2.07. The van der Waals surface area contributed by atoms with Crippen LogP contribution < -0.4 is 5.32 Å². The van der Waals surface area contributed by atoms with Crippen LogP contribution in [0.2, 0.25) is 0 Å². The van der Waals surface area contributed by atoms with Crippen LogP contribution in [0.5, 0.6) is 0 Å². The van der Waals surface area contributed by atoms with Gasteiger partial charge in [0.15, 0.2) is 0 Å². The molecule has 1 aromatic rings. The zero-order valence-corrected chi connectivity index (χ0v) is 8.74. The molecule has 0 saturated heterocycles. The molecular formula is C7H14Cl2N2O. The van der Waals surface area contributed by atoms with Gasteiger partial charge in [-0.3, -0.25) is 0 Å². The molecule has 0 aliphatic rings. The molecule has 12 heavy (non-hydrogen) atoms. The Hall–Kier alpha value is -0.410. The number of nitrogens with one attached hydrogen (secondary N) is 1. The highest BCUT2D eigenvalue weighted by Gasteiger charge is 1.96. The Kier molecular flexibility index (Phi) is 8.54. The fourth-order valence-corrected chi connectivity index (χ4v) is 0.602. The van der Waals surface area contributed by atoms with Crippen LogP contribution in [0.25, 0.3) is 0 Å². The van der Waals surface area contributed by atoms with E-state index in [4.69, 9.17) is 4.42 Å². The summed E-state index contributed by atoms with van der Waals surface area (Å²) in [7, 11) is 0. The summed E-state index contributed by atoms with van der Waals surface area (Å²) in [5, 5.41) is 3.05. The first kappa shape index (κ1) is 14.1. The quantitative estimate of drug-likeness (QED) is 0.838. The predicted molar refractivity (Wildman–Crippen MR) is 54.3 cm³/mol. The second-order valence-electron chi connectivity index (χ2n) is 2.61. The first-order chi connectivity index (χ1) is 4.79. The summed E-state index contributed by atoms with van der Waals surface area (Å²) in [4.78, 5) is 3.91. The molecule has 0 aliphatic heterocycles. The van der Waals surface area contributed by atoms with E-state index in [9.17, 15) is 0 Å². The Labute approximate surface area is 84.8 Å². The number of halogens is 2. The normalized spacial score (nSPS) is 8.58. The molecule has 1 N–H and O–H groups in total. The molecule has 0 atom stereocenters. The Morgan fingerprint density at radius 3 is 2.58 bits per heavy atom. The highest BCUT2D eigenvalue weighted by atomic mass is 35.5. The lowest BCUT2D eigenvalue weighted by Gasteiger charge is -2.02. The molecule has 1 rings (SSSR count). The molecule has 1 aromatic heterocycles. The standard InChI is InChI=1S/C7H12N2O.2ClH/c1-6(2)5-9-7-8-3-4-10-7;;/h3-4,6H,5H2,1-2H3,(H,8,9);2*1H. The number of rotatable bonds is 3. The van der Waals surface area contributed by atoms with Gasteiger partial charge in [0.1, 0.15) is 6.26 Å². The van der Waals surface area contributed by atoms with Gasteiger partial charge in [0.25, 0.3) is 6.01 Å². The van der Waals surface area contributed by atoms with Crippen molar-refractivity contribution in [3.63, 3.8) is 0 Å². The van der Waals surface area contributed by atoms with Crippen LogP contribution in [0.3, 0.4) is 0 Å². The summed E-state index contributed by atoms with van der Waals surface area (Å²) < 4.78 is 4.96. The molecule has 0 saturated carbocycles. The molecule has 1 heterocycles. The van der Waals surface area contributed by atoms with Gasteiger partial charge in [-0.05, 0) is 5.92 Å². The topological polar surface area (TPSA) is 38.1 Å². The van der Waals surface area contributed by atoms with Crippen LogP contribution in [0.4, 0.5) is 6.01 Å². The van der Waals surface area contributed by atoms with Crippen LogP contribution in [0.15, 0.2) is 16.9 Å². The number of oxazole rings is 1. The maximum atomic E-state index is 4.96. The smallest absolute Gasteiger partial charge is 0.294 e. The molecule has 0 spiro atoms. The molecule has 0 amide bonds. The maximum absolute atomic E-state index is 4.96. The number of hydrogen-bond donors (Lipinski definition) is 1. The Balaban J connectivity index is 0. The summed E-state index contributed by atoms with van der Waals surface area (Å²) in [6, 6.07) is 0.605. The lowest BCUT2D eigenvalue weighted by atomic mass is 10.2. The van der Waals surface area contributed by atoms with Crippen LogP contribution in [0.1, 0.15) is 13.8 Å². The molecule has 0 radical (unpaired) electrons. The Morgan fingerprint density at radius 1 is 1.50 bits per heavy atom. The highest BCUT2D eigenvalue weighted by Crippen LogP contribution is 2.01. The zero-order valence-electron chi connectivity index (χ0n) is 7.11. The molecule has 0 aromatic carbocycles. The van der Waals surface area contributed by atoms with E-state index in [0.29, 0.717) is 11.9 Å². The third kappa shape index (κ3) is 5.27. The molecule has 5 heteroatoms. The minimum Gasteiger partial charge on any atom is -0.432 e. The summed E-state index contributed by atoms with van der Waals surface area (Å²) in [5.74, 6) is 0.617. The molecule has 0 fully saturated rings. The van der Waals surface area contributed by atoms with Crippen LogP contribution in [0, 0.1) is 5.92 Å². The summed E-state index contributed by atoms with van der Waals surface area (Å²) in [6.45, 7) is 5.17. The van der Waals surface area contributed by atoms with Crippen LogP contribution in [-0.4, -0.2) is 11.5 Å². The number of aromatic nitrogens is 1. The van der Waals surface area contributed by atoms with Gasteiger partial charge in [0.2, 0.25) is 0 Å². The van der Waals surface area contributed by atoms with Gasteiger partial charge in [-0.1, -0.05) is 13.8 Å². The van der Waals surface area contributed by atoms with Crippen molar-refractivity contribution in [1.29, 1.82) is 0 Å². The van der Waals surface area contributed by atoms with E-state index >= 15 is 0 Å². The third-order valence-corrected chi connectivity index (χ3v) is 1.09. The van der Waals surface area contributed by atoms with Crippen molar-refractivity contribution in [1.82, 2.24) is 4.98 Å². The molecule has 0 bridgehead atoms. The average Bonchev–Trinajstić information content (AvgIpc) is 2.34. The van der Waals surface area contributed by atoms with E-state index in [1.807, 2.05) is 0 Å². The largest absolute Gasteiger partial charge is 0.432 e. The van der Waals surface area contributed by atoms with Crippen LogP contribution >= 0.6 is 24.8 Å². The summed E-state index contributed by atoms with van der Waals surface area (Å²) in [6.07, 6.45) is 3.19. The van der Waals surface area contributed by atoms with Crippen molar-refractivity contribution in [2.24, 2.45) is 5.92 Å². The van der Waals surface area contributed by atoms with Gasteiger partial charge >= 0.3 is 0 Å². The number of nitrogens with zero attached hydrogens (tertiary/aromatic N) is 1. The molecular weight excluding hydrogens is 199 g/mol. The number of hydrogen-bond acceptors (Lipinski definition) is 3. The van der Waals surface area contributed by atoms with Gasteiger partial charge < -0.3 is 9.73 Å². The van der Waals surface area contributed by atoms with Gasteiger partial charge in [0.05, 0.1) is 6.20 Å². The fourth-order valence-electron chi connectivity index (χ4n) is 0.602. The first-order valence-corrected chi connectivity index (χ1v) is 3.42. The third-order valence-electron chi connectivity index (χ3n) is 1.09. The molecule has 3 nitrogen and oxygen atoms in total. The van der Waals surface area contributed by atoms with Gasteiger partial charge in [-0.15, -0.1) is 24.8 Å². The van der Waals surface area contributed by atoms with Crippen molar-refractivity contribution in [3.05, 3.63) is 12.5 Å². The first-order valence-electron chi connectivity index (χ1n) is 3.42. The van der Waals surface area contributed by atoms with E-state index in [-0.39, 0.29) is 24.8 Å². The second kappa shape index (κ2) is 7.25. The van der Waals surface area contributed by atoms with Gasteiger partial charge in [-0.25, -0.2) is 4.98 Å². The summed E-state index contributed by atoms with van der Waals surface area (Å²) >= 11 is 0. The van der Waals surface area contributed by atoms with Crippen molar-refractivity contribution in [3.8, 4) is 0 Å². The van der Waals surface area contributed by atoms with Crippen molar-refractivity contribution in [2.45, 2.75) is 13.8 Å². The SMILES string of the molecule is CC(C)CNc1ncco1.Cl.Cl. The molecule has 0 unspecified atom stereocenters. The van der Waals surface area contributed by atoms with Gasteiger partial charge in [-0.2, -0.15) is 0 Å². The van der Waals surface area contributed by atoms with Gasteiger partial charge in [0, 0.05) is 6.54 Å². The average molecular weight is 213 g/mol. The Bertz CT molecular complexity index is 178. The molecule has 72 valence electrons. The van der Waals surface area contributed by atoms with Crippen molar-refractivity contribution in [2.75, 3.05) is 11.9 Å². The maximum Gasteiger partial charge on any atom is 0.294 e. The van der Waals surface area contributed by atoms with E-state index in [0.717, 1.165) is 6.54 Å².